The van der Waals surface area contributed by atoms with E-state index in [1.165, 1.54) is 5.38 Å². The summed E-state index contributed by atoms with van der Waals surface area (Å²) in [4.78, 5) is 39.6. The molecular weight excluding hydrogens is 368 g/mol. The van der Waals surface area contributed by atoms with Crippen LogP contribution in [0.1, 0.15) is 36.8 Å². The van der Waals surface area contributed by atoms with Gasteiger partial charge in [-0.3, -0.25) is 14.9 Å². The van der Waals surface area contributed by atoms with E-state index in [1.807, 2.05) is 30.3 Å². The van der Waals surface area contributed by atoms with Gasteiger partial charge in [-0.25, -0.2) is 9.78 Å². The Labute approximate surface area is 161 Å². The zero-order valence-corrected chi connectivity index (χ0v) is 16.2. The molecule has 9 heteroatoms. The smallest absolute Gasteiger partial charge is 0.325 e. The van der Waals surface area contributed by atoms with Gasteiger partial charge in [-0.2, -0.15) is 0 Å². The molecule has 0 aliphatic carbocycles. The predicted octanol–water partition coefficient (Wildman–Crippen LogP) is 2.54. The summed E-state index contributed by atoms with van der Waals surface area (Å²) < 4.78 is 5.11. The highest BCUT2D eigenvalue weighted by Gasteiger charge is 2.18. The van der Waals surface area contributed by atoms with Crippen LogP contribution in [0, 0.1) is 0 Å². The number of nitrogens with one attached hydrogen (secondary N) is 3. The summed E-state index contributed by atoms with van der Waals surface area (Å²) in [5.41, 5.74) is 0.461. The molecule has 0 aliphatic rings. The molecule has 1 aromatic carbocycles. The molecule has 0 saturated heterocycles. The van der Waals surface area contributed by atoms with Crippen LogP contribution in [0.5, 0.6) is 0 Å². The Morgan fingerprint density at radius 1 is 1.11 bits per heavy atom. The van der Waals surface area contributed by atoms with Crippen molar-refractivity contribution in [1.29, 1.82) is 0 Å². The number of carbonyl (C=O) groups excluding carboxylic acids is 3. The molecule has 0 spiro atoms. The summed E-state index contributed by atoms with van der Waals surface area (Å²) >= 11 is 1.11. The van der Waals surface area contributed by atoms with Gasteiger partial charge in [-0.15, -0.1) is 11.3 Å². The van der Waals surface area contributed by atoms with Gasteiger partial charge in [0.1, 0.15) is 17.8 Å². The molecule has 0 bridgehead atoms. The van der Waals surface area contributed by atoms with Crippen LogP contribution in [0.2, 0.25) is 0 Å². The van der Waals surface area contributed by atoms with Gasteiger partial charge < -0.3 is 15.4 Å². The van der Waals surface area contributed by atoms with Gasteiger partial charge in [0.2, 0.25) is 0 Å². The monoisotopic (exact) mass is 390 g/mol. The van der Waals surface area contributed by atoms with E-state index in [1.54, 1.807) is 20.8 Å². The highest BCUT2D eigenvalue weighted by atomic mass is 32.1. The van der Waals surface area contributed by atoms with Gasteiger partial charge >= 0.3 is 12.0 Å². The van der Waals surface area contributed by atoms with Crippen molar-refractivity contribution in [3.05, 3.63) is 47.0 Å². The first-order valence-electron chi connectivity index (χ1n) is 8.27. The largest absolute Gasteiger partial charge is 0.459 e. The van der Waals surface area contributed by atoms with E-state index >= 15 is 0 Å². The molecule has 2 aromatic rings. The Hall–Kier alpha value is -2.94. The Balaban J connectivity index is 1.78. The minimum absolute atomic E-state index is 0.113. The number of hydrogen-bond acceptors (Lipinski definition) is 6. The fourth-order valence-corrected chi connectivity index (χ4v) is 2.66. The van der Waals surface area contributed by atoms with Crippen molar-refractivity contribution in [3.63, 3.8) is 0 Å². The quantitative estimate of drug-likeness (QED) is 0.657. The van der Waals surface area contributed by atoms with Gasteiger partial charge in [0.05, 0.1) is 0 Å². The highest BCUT2D eigenvalue weighted by Crippen LogP contribution is 2.15. The van der Waals surface area contributed by atoms with Crippen LogP contribution >= 0.6 is 11.3 Å². The Morgan fingerprint density at radius 2 is 1.81 bits per heavy atom. The first-order valence-corrected chi connectivity index (χ1v) is 9.15. The fraction of sp³-hybridized carbons (Fsp3) is 0.333. The standard InChI is InChI=1S/C18H22N4O4S/c1-18(2,3)26-14(23)10-19-15(24)13-11-27-17(21-13)22-16(25)20-9-12-7-5-4-6-8-12/h4-8,11H,9-10H2,1-3H3,(H,19,24)(H2,20,21,22,25). The number of nitrogens with zero attached hydrogens (tertiary/aromatic N) is 1. The molecule has 0 unspecified atom stereocenters. The van der Waals surface area contributed by atoms with Crippen molar-refractivity contribution in [2.45, 2.75) is 32.9 Å². The minimum Gasteiger partial charge on any atom is -0.459 e. The number of hydrogen-bond donors (Lipinski definition) is 3. The normalized spacial score (nSPS) is 10.8. The summed E-state index contributed by atoms with van der Waals surface area (Å²) in [7, 11) is 0. The molecule has 3 amide bonds. The van der Waals surface area contributed by atoms with E-state index in [9.17, 15) is 14.4 Å². The van der Waals surface area contributed by atoms with Crippen molar-refractivity contribution in [3.8, 4) is 0 Å². The lowest BCUT2D eigenvalue weighted by molar-refractivity contribution is -0.153. The number of thiazole rings is 1. The molecule has 8 nitrogen and oxygen atoms in total. The third kappa shape index (κ3) is 7.45. The summed E-state index contributed by atoms with van der Waals surface area (Å²) in [5, 5.41) is 9.49. The second-order valence-electron chi connectivity index (χ2n) is 6.60. The van der Waals surface area contributed by atoms with Crippen LogP contribution in [0.3, 0.4) is 0 Å². The Morgan fingerprint density at radius 3 is 2.48 bits per heavy atom. The first kappa shape index (κ1) is 20.4. The van der Waals surface area contributed by atoms with Crippen molar-refractivity contribution < 1.29 is 19.1 Å². The number of rotatable bonds is 6. The number of esters is 1. The molecule has 1 aromatic heterocycles. The third-order valence-corrected chi connectivity index (χ3v) is 3.82. The number of aromatic nitrogens is 1. The molecule has 0 atom stereocenters. The molecule has 144 valence electrons. The van der Waals surface area contributed by atoms with Crippen LogP contribution in [-0.2, 0) is 16.1 Å². The van der Waals surface area contributed by atoms with E-state index < -0.39 is 23.5 Å². The molecule has 2 rings (SSSR count). The van der Waals surface area contributed by atoms with Crippen molar-refractivity contribution >= 4 is 34.4 Å². The van der Waals surface area contributed by atoms with Crippen molar-refractivity contribution in [1.82, 2.24) is 15.6 Å². The lowest BCUT2D eigenvalue weighted by Crippen LogP contribution is -2.34. The SMILES string of the molecule is CC(C)(C)OC(=O)CNC(=O)c1csc(NC(=O)NCc2ccccc2)n1. The zero-order chi connectivity index (χ0) is 19.9. The number of ether oxygens (including phenoxy) is 1. The molecule has 0 saturated carbocycles. The van der Waals surface area contributed by atoms with Crippen molar-refractivity contribution in [2.75, 3.05) is 11.9 Å². The Kier molecular flexibility index (Phi) is 6.89. The number of urea groups is 1. The molecule has 3 N–H and O–H groups in total. The maximum Gasteiger partial charge on any atom is 0.325 e. The summed E-state index contributed by atoms with van der Waals surface area (Å²) in [5.74, 6) is -1.06. The van der Waals surface area contributed by atoms with Gasteiger partial charge in [0.15, 0.2) is 5.13 Å². The van der Waals surface area contributed by atoms with Crippen LogP contribution < -0.4 is 16.0 Å². The molecule has 0 aliphatic heterocycles. The number of amides is 3. The summed E-state index contributed by atoms with van der Waals surface area (Å²) in [6.45, 7) is 5.35. The maximum atomic E-state index is 12.0. The van der Waals surface area contributed by atoms with E-state index in [2.05, 4.69) is 20.9 Å². The Bertz CT molecular complexity index is 799. The molecule has 27 heavy (non-hydrogen) atoms. The second kappa shape index (κ2) is 9.13. The minimum atomic E-state index is -0.618. The zero-order valence-electron chi connectivity index (χ0n) is 15.4. The van der Waals surface area contributed by atoms with Gasteiger partial charge in [0.25, 0.3) is 5.91 Å². The third-order valence-electron chi connectivity index (χ3n) is 3.07. The second-order valence-corrected chi connectivity index (χ2v) is 7.46. The summed E-state index contributed by atoms with van der Waals surface area (Å²) in [6, 6.07) is 9.05. The van der Waals surface area contributed by atoms with E-state index in [0.717, 1.165) is 16.9 Å². The fourth-order valence-electron chi connectivity index (χ4n) is 1.98. The lowest BCUT2D eigenvalue weighted by atomic mass is 10.2. The summed E-state index contributed by atoms with van der Waals surface area (Å²) in [6.07, 6.45) is 0. The average molecular weight is 390 g/mol. The van der Waals surface area contributed by atoms with Crippen LogP contribution in [0.15, 0.2) is 35.7 Å². The van der Waals surface area contributed by atoms with Crippen molar-refractivity contribution in [2.24, 2.45) is 0 Å². The van der Waals surface area contributed by atoms with Gasteiger partial charge in [-0.05, 0) is 26.3 Å². The molecular formula is C18H22N4O4S. The topological polar surface area (TPSA) is 109 Å². The van der Waals surface area contributed by atoms with Gasteiger partial charge in [-0.1, -0.05) is 30.3 Å². The molecule has 0 fully saturated rings. The van der Waals surface area contributed by atoms with Crippen LogP contribution in [0.25, 0.3) is 0 Å². The predicted molar refractivity (Wildman–Crippen MR) is 103 cm³/mol. The number of benzene rings is 1. The molecule has 0 radical (unpaired) electrons. The highest BCUT2D eigenvalue weighted by molar-refractivity contribution is 7.14. The number of carbonyl (C=O) groups is 3. The molecule has 1 heterocycles. The van der Waals surface area contributed by atoms with E-state index in [-0.39, 0.29) is 17.4 Å². The van der Waals surface area contributed by atoms with Gasteiger partial charge in [0, 0.05) is 11.9 Å². The number of anilines is 1. The first-order chi connectivity index (χ1) is 12.7. The average Bonchev–Trinajstić information content (AvgIpc) is 3.06. The van der Waals surface area contributed by atoms with E-state index in [4.69, 9.17) is 4.74 Å². The van der Waals surface area contributed by atoms with Crippen LogP contribution in [0.4, 0.5) is 9.93 Å². The van der Waals surface area contributed by atoms with Crippen LogP contribution in [-0.4, -0.2) is 35.0 Å². The van der Waals surface area contributed by atoms with E-state index in [0.29, 0.717) is 6.54 Å². The lowest BCUT2D eigenvalue weighted by Gasteiger charge is -2.19. The maximum absolute atomic E-state index is 12.0.